The smallest absolute Gasteiger partial charge is 0.130 e. The first-order valence-corrected chi connectivity index (χ1v) is 11.7. The zero-order valence-electron chi connectivity index (χ0n) is 19.8. The Kier molecular flexibility index (Phi) is 8.02. The molecule has 0 aromatic heterocycles. The predicted molar refractivity (Wildman–Crippen MR) is 135 cm³/mol. The van der Waals surface area contributed by atoms with Crippen molar-refractivity contribution in [3.05, 3.63) is 89.5 Å². The molecule has 0 aliphatic carbocycles. The molecule has 2 heterocycles. The van der Waals surface area contributed by atoms with Crippen molar-refractivity contribution in [2.75, 3.05) is 39.5 Å². The molecule has 5 rings (SSSR count). The van der Waals surface area contributed by atoms with Crippen molar-refractivity contribution in [1.82, 2.24) is 4.90 Å². The van der Waals surface area contributed by atoms with Gasteiger partial charge in [-0.25, -0.2) is 0 Å². The average Bonchev–Trinajstić information content (AvgIpc) is 2.87. The predicted octanol–water partition coefficient (Wildman–Crippen LogP) is 5.55. The zero-order valence-corrected chi connectivity index (χ0v) is 19.8. The average molecular weight is 473 g/mol. The van der Waals surface area contributed by atoms with Gasteiger partial charge in [-0.2, -0.15) is 5.26 Å². The van der Waals surface area contributed by atoms with Crippen LogP contribution >= 0.6 is 0 Å². The van der Waals surface area contributed by atoms with Gasteiger partial charge in [-0.3, -0.25) is 9.29 Å². The van der Waals surface area contributed by atoms with Gasteiger partial charge in [-0.1, -0.05) is 30.3 Å². The van der Waals surface area contributed by atoms with Crippen LogP contribution in [0.2, 0.25) is 0 Å². The van der Waals surface area contributed by atoms with Crippen LogP contribution < -0.4 is 9.47 Å². The summed E-state index contributed by atoms with van der Waals surface area (Å²) in [4.78, 5) is 2.22. The van der Waals surface area contributed by atoms with Gasteiger partial charge in [-0.15, -0.1) is 0 Å². The van der Waals surface area contributed by atoms with E-state index in [1.807, 2.05) is 67.6 Å². The molecule has 0 spiro atoms. The summed E-state index contributed by atoms with van der Waals surface area (Å²) in [6.07, 6.45) is 0. The number of aromatic hydroxyl groups is 1. The Bertz CT molecular complexity index is 1200. The number of alkyl halides is 1. The Hall–Kier alpha value is -3.82. The third-order valence-electron chi connectivity index (χ3n) is 6.23. The molecular formula is C29H29FN2O3. The van der Waals surface area contributed by atoms with Crippen LogP contribution in [0.1, 0.15) is 23.6 Å². The van der Waals surface area contributed by atoms with Crippen molar-refractivity contribution < 1.29 is 19.0 Å². The quantitative estimate of drug-likeness (QED) is 0.509. The van der Waals surface area contributed by atoms with E-state index in [-0.39, 0.29) is 18.3 Å². The lowest BCUT2D eigenvalue weighted by Crippen LogP contribution is -2.49. The van der Waals surface area contributed by atoms with Crippen LogP contribution in [0, 0.1) is 17.2 Å². The van der Waals surface area contributed by atoms with Gasteiger partial charge in [0.25, 0.3) is 0 Å². The van der Waals surface area contributed by atoms with E-state index in [0.29, 0.717) is 24.5 Å². The lowest BCUT2D eigenvalue weighted by atomic mass is 9.93. The van der Waals surface area contributed by atoms with Crippen LogP contribution in [0.15, 0.2) is 72.8 Å². The van der Waals surface area contributed by atoms with Crippen LogP contribution in [-0.2, 0) is 0 Å². The number of fused-ring (bicyclic) bond motifs is 1. The fourth-order valence-electron chi connectivity index (χ4n) is 4.17. The van der Waals surface area contributed by atoms with Crippen molar-refractivity contribution in [2.45, 2.75) is 6.92 Å². The topological polar surface area (TPSA) is 65.7 Å². The second kappa shape index (κ2) is 11.5. The lowest BCUT2D eigenvalue weighted by Gasteiger charge is -2.37. The maximum absolute atomic E-state index is 12.1. The number of benzene rings is 3. The largest absolute Gasteiger partial charge is 0.508 e. The van der Waals surface area contributed by atoms with Gasteiger partial charge >= 0.3 is 0 Å². The van der Waals surface area contributed by atoms with Crippen LogP contribution in [0.4, 0.5) is 4.39 Å². The van der Waals surface area contributed by atoms with E-state index in [0.717, 1.165) is 47.7 Å². The Morgan fingerprint density at radius 2 is 1.83 bits per heavy atom. The lowest BCUT2D eigenvalue weighted by molar-refractivity contribution is 0.0668. The van der Waals surface area contributed by atoms with Crippen LogP contribution in [0.5, 0.6) is 17.2 Å². The van der Waals surface area contributed by atoms with Gasteiger partial charge in [0.2, 0.25) is 0 Å². The van der Waals surface area contributed by atoms with E-state index in [4.69, 9.17) is 14.7 Å². The molecule has 0 amide bonds. The highest BCUT2D eigenvalue weighted by atomic mass is 19.1. The van der Waals surface area contributed by atoms with Crippen LogP contribution in [0.25, 0.3) is 11.1 Å². The van der Waals surface area contributed by atoms with Crippen LogP contribution in [0.3, 0.4) is 0 Å². The first-order valence-electron chi connectivity index (χ1n) is 11.7. The molecule has 1 N–H and O–H groups in total. The summed E-state index contributed by atoms with van der Waals surface area (Å²) in [6, 6.07) is 24.5. The highest BCUT2D eigenvalue weighted by molar-refractivity contribution is 5.93. The highest BCUT2D eigenvalue weighted by Gasteiger charge is 2.25. The van der Waals surface area contributed by atoms with E-state index in [1.54, 1.807) is 12.1 Å². The molecule has 2 aliphatic rings. The number of ether oxygens (including phenoxy) is 2. The number of phenols is 1. The number of halogens is 1. The minimum absolute atomic E-state index is 0.184. The number of allylic oxidation sites excluding steroid dienone is 1. The molecule has 0 unspecified atom stereocenters. The van der Waals surface area contributed by atoms with Gasteiger partial charge in [0.1, 0.15) is 30.5 Å². The Balaban J connectivity index is 0.000000172. The maximum Gasteiger partial charge on any atom is 0.130 e. The fraction of sp³-hybridized carbons (Fsp3) is 0.276. The number of hydrogen-bond donors (Lipinski definition) is 1. The molecule has 0 radical (unpaired) electrons. The number of nitriles is 1. The summed E-state index contributed by atoms with van der Waals surface area (Å²) >= 11 is 0. The number of likely N-dealkylation sites (tertiary alicyclic amines) is 1. The van der Waals surface area contributed by atoms with Gasteiger partial charge < -0.3 is 14.6 Å². The third kappa shape index (κ3) is 6.20. The van der Waals surface area contributed by atoms with Gasteiger partial charge in [0, 0.05) is 42.8 Å². The van der Waals surface area contributed by atoms with Crippen molar-refractivity contribution in [3.8, 4) is 23.3 Å². The third-order valence-corrected chi connectivity index (χ3v) is 6.23. The molecule has 0 saturated carbocycles. The molecule has 35 heavy (non-hydrogen) atoms. The standard InChI is InChI=1S/C17H13NO2.C12H16FNO/c1-11-15-7-6-14(19)8-17(15)20-10-16(11)13-4-2-12(9-18)3-5-13;13-8-11-9-14(10-11)6-7-15-12-4-2-1-3-5-12/h2-8,19H,10H2,1H3;1-5,11H,6-10H2. The number of para-hydroxylation sites is 1. The van der Waals surface area contributed by atoms with Crippen LogP contribution in [-0.4, -0.2) is 49.5 Å². The molecule has 3 aromatic rings. The van der Waals surface area contributed by atoms with Crippen molar-refractivity contribution in [1.29, 1.82) is 5.26 Å². The Morgan fingerprint density at radius 1 is 1.09 bits per heavy atom. The zero-order chi connectivity index (χ0) is 24.6. The monoisotopic (exact) mass is 472 g/mol. The Morgan fingerprint density at radius 3 is 2.51 bits per heavy atom. The summed E-state index contributed by atoms with van der Waals surface area (Å²) in [6.45, 7) is 5.67. The van der Waals surface area contributed by atoms with E-state index in [1.165, 1.54) is 0 Å². The summed E-state index contributed by atoms with van der Waals surface area (Å²) < 4.78 is 23.4. The van der Waals surface area contributed by atoms with Crippen molar-refractivity contribution >= 4 is 11.1 Å². The number of phenolic OH excluding ortho intramolecular Hbond substituents is 1. The van der Waals surface area contributed by atoms with Gasteiger partial charge in [0.15, 0.2) is 0 Å². The molecule has 2 aliphatic heterocycles. The SMILES string of the molecule is CC1=C(c2ccc(C#N)cc2)COc2cc(O)ccc21.FCC1CN(CCOc2ccccc2)C1. The Labute approximate surface area is 205 Å². The van der Waals surface area contributed by atoms with E-state index in [9.17, 15) is 9.50 Å². The molecule has 0 atom stereocenters. The molecule has 3 aromatic carbocycles. The molecule has 1 fully saturated rings. The number of rotatable bonds is 6. The molecular weight excluding hydrogens is 443 g/mol. The minimum Gasteiger partial charge on any atom is -0.508 e. The minimum atomic E-state index is -0.184. The summed E-state index contributed by atoms with van der Waals surface area (Å²) in [5.41, 5.74) is 4.94. The van der Waals surface area contributed by atoms with Crippen molar-refractivity contribution in [2.24, 2.45) is 5.92 Å². The van der Waals surface area contributed by atoms with E-state index < -0.39 is 0 Å². The molecule has 180 valence electrons. The first kappa shape index (κ1) is 24.3. The van der Waals surface area contributed by atoms with E-state index >= 15 is 0 Å². The molecule has 6 heteroatoms. The normalized spacial score (nSPS) is 15.1. The summed E-state index contributed by atoms with van der Waals surface area (Å²) in [5.74, 6) is 2.08. The van der Waals surface area contributed by atoms with Gasteiger partial charge in [-0.05, 0) is 54.5 Å². The second-order valence-corrected chi connectivity index (χ2v) is 8.70. The molecule has 1 saturated heterocycles. The van der Waals surface area contributed by atoms with E-state index in [2.05, 4.69) is 11.0 Å². The molecule has 0 bridgehead atoms. The summed E-state index contributed by atoms with van der Waals surface area (Å²) in [7, 11) is 0. The molecule has 5 nitrogen and oxygen atoms in total. The highest BCUT2D eigenvalue weighted by Crippen LogP contribution is 2.38. The maximum atomic E-state index is 12.1. The fourth-order valence-corrected chi connectivity index (χ4v) is 4.17. The summed E-state index contributed by atoms with van der Waals surface area (Å²) in [5, 5.41) is 18.3. The van der Waals surface area contributed by atoms with Gasteiger partial charge in [0.05, 0.1) is 18.3 Å². The number of hydrogen-bond acceptors (Lipinski definition) is 5. The first-order chi connectivity index (χ1) is 17.1. The second-order valence-electron chi connectivity index (χ2n) is 8.70. The van der Waals surface area contributed by atoms with Crippen molar-refractivity contribution in [3.63, 3.8) is 0 Å². The number of nitrogens with zero attached hydrogens (tertiary/aromatic N) is 2.